The maximum absolute atomic E-state index is 10.8. The minimum Gasteiger partial charge on any atom is -0.476 e. The van der Waals surface area contributed by atoms with E-state index >= 15 is 0 Å². The Kier molecular flexibility index (Phi) is 3.36. The average Bonchev–Trinajstić information content (AvgIpc) is 2.73. The highest BCUT2D eigenvalue weighted by atomic mass is 35.5. The molecule has 86 valence electrons. The van der Waals surface area contributed by atoms with Crippen LogP contribution < -0.4 is 0 Å². The van der Waals surface area contributed by atoms with E-state index in [-0.39, 0.29) is 16.8 Å². The predicted molar refractivity (Wildman–Crippen MR) is 56.7 cm³/mol. The van der Waals surface area contributed by atoms with Crippen molar-refractivity contribution >= 4 is 17.6 Å². The van der Waals surface area contributed by atoms with Gasteiger partial charge in [0.2, 0.25) is 0 Å². The summed E-state index contributed by atoms with van der Waals surface area (Å²) in [5.41, 5.74) is -0.148. The van der Waals surface area contributed by atoms with Gasteiger partial charge < -0.3 is 9.84 Å². The van der Waals surface area contributed by atoms with Gasteiger partial charge in [-0.05, 0) is 12.8 Å². The number of hydrogen-bond acceptors (Lipinski definition) is 4. The van der Waals surface area contributed by atoms with E-state index in [1.54, 1.807) is 0 Å². The SMILES string of the molecule is O=C(O)c1nc(CC2CCCO2)ncc1Cl. The molecule has 0 aromatic carbocycles. The van der Waals surface area contributed by atoms with Crippen molar-refractivity contribution in [2.45, 2.75) is 25.4 Å². The first kappa shape index (κ1) is 11.3. The minimum atomic E-state index is -1.14. The summed E-state index contributed by atoms with van der Waals surface area (Å²) < 4.78 is 5.43. The standard InChI is InChI=1S/C10H11ClN2O3/c11-7-5-12-8(13-9(7)10(14)15)4-6-2-1-3-16-6/h5-6H,1-4H2,(H,14,15). The van der Waals surface area contributed by atoms with Crippen LogP contribution in [0, 0.1) is 0 Å². The van der Waals surface area contributed by atoms with Crippen LogP contribution in [0.3, 0.4) is 0 Å². The largest absolute Gasteiger partial charge is 0.476 e. The van der Waals surface area contributed by atoms with E-state index in [2.05, 4.69) is 9.97 Å². The molecule has 1 unspecified atom stereocenters. The molecule has 1 atom stereocenters. The molecule has 0 bridgehead atoms. The van der Waals surface area contributed by atoms with Crippen LogP contribution in [0.1, 0.15) is 29.2 Å². The Morgan fingerprint density at radius 2 is 2.50 bits per heavy atom. The van der Waals surface area contributed by atoms with Crippen LogP contribution in [0.2, 0.25) is 5.02 Å². The lowest BCUT2D eigenvalue weighted by molar-refractivity contribution is 0.0689. The summed E-state index contributed by atoms with van der Waals surface area (Å²) in [4.78, 5) is 18.7. The highest BCUT2D eigenvalue weighted by Gasteiger charge is 2.19. The normalized spacial score (nSPS) is 19.9. The zero-order valence-corrected chi connectivity index (χ0v) is 9.28. The van der Waals surface area contributed by atoms with E-state index in [9.17, 15) is 4.79 Å². The van der Waals surface area contributed by atoms with E-state index in [0.717, 1.165) is 19.4 Å². The van der Waals surface area contributed by atoms with Gasteiger partial charge in [0, 0.05) is 13.0 Å². The van der Waals surface area contributed by atoms with Crippen molar-refractivity contribution in [3.05, 3.63) is 22.7 Å². The second kappa shape index (κ2) is 4.76. The molecule has 1 aliphatic rings. The van der Waals surface area contributed by atoms with Gasteiger partial charge >= 0.3 is 5.97 Å². The van der Waals surface area contributed by atoms with Crippen LogP contribution in [-0.2, 0) is 11.2 Å². The first-order valence-electron chi connectivity index (χ1n) is 5.03. The number of rotatable bonds is 3. The molecule has 0 amide bonds. The van der Waals surface area contributed by atoms with Gasteiger partial charge in [0.15, 0.2) is 5.69 Å². The van der Waals surface area contributed by atoms with Crippen LogP contribution in [0.25, 0.3) is 0 Å². The third-order valence-electron chi connectivity index (χ3n) is 2.43. The van der Waals surface area contributed by atoms with E-state index in [0.29, 0.717) is 12.2 Å². The van der Waals surface area contributed by atoms with Crippen LogP contribution in [0.15, 0.2) is 6.20 Å². The van der Waals surface area contributed by atoms with Crippen LogP contribution in [0.4, 0.5) is 0 Å². The van der Waals surface area contributed by atoms with Crippen molar-refractivity contribution < 1.29 is 14.6 Å². The number of ether oxygens (including phenoxy) is 1. The van der Waals surface area contributed by atoms with Gasteiger partial charge in [-0.25, -0.2) is 14.8 Å². The molecule has 2 rings (SSSR count). The lowest BCUT2D eigenvalue weighted by Crippen LogP contribution is -2.14. The first-order valence-corrected chi connectivity index (χ1v) is 5.41. The molecule has 1 fully saturated rings. The highest BCUT2D eigenvalue weighted by molar-refractivity contribution is 6.33. The fourth-order valence-corrected chi connectivity index (χ4v) is 1.83. The summed E-state index contributed by atoms with van der Waals surface area (Å²) >= 11 is 5.67. The van der Waals surface area contributed by atoms with Gasteiger partial charge in [-0.1, -0.05) is 11.6 Å². The van der Waals surface area contributed by atoms with Crippen LogP contribution >= 0.6 is 11.6 Å². The van der Waals surface area contributed by atoms with Gasteiger partial charge in [-0.2, -0.15) is 0 Å². The maximum Gasteiger partial charge on any atom is 0.356 e. The second-order valence-corrected chi connectivity index (χ2v) is 4.03. The molecular formula is C10H11ClN2O3. The second-order valence-electron chi connectivity index (χ2n) is 3.63. The zero-order chi connectivity index (χ0) is 11.5. The number of carboxylic acid groups (broad SMARTS) is 1. The van der Waals surface area contributed by atoms with Crippen molar-refractivity contribution in [1.82, 2.24) is 9.97 Å². The molecule has 0 aliphatic carbocycles. The van der Waals surface area contributed by atoms with Crippen molar-refractivity contribution in [1.29, 1.82) is 0 Å². The number of nitrogens with zero attached hydrogens (tertiary/aromatic N) is 2. The van der Waals surface area contributed by atoms with Gasteiger partial charge in [-0.15, -0.1) is 0 Å². The van der Waals surface area contributed by atoms with Gasteiger partial charge in [0.1, 0.15) is 5.82 Å². The summed E-state index contributed by atoms with van der Waals surface area (Å²) in [6.07, 6.45) is 3.96. The number of aromatic carboxylic acids is 1. The summed E-state index contributed by atoms with van der Waals surface area (Å²) in [7, 11) is 0. The summed E-state index contributed by atoms with van der Waals surface area (Å²) in [6.45, 7) is 0.754. The number of hydrogen-bond donors (Lipinski definition) is 1. The molecule has 16 heavy (non-hydrogen) atoms. The van der Waals surface area contributed by atoms with Crippen LogP contribution in [-0.4, -0.2) is 33.8 Å². The maximum atomic E-state index is 10.8. The smallest absolute Gasteiger partial charge is 0.356 e. The predicted octanol–water partition coefficient (Wildman–Crippen LogP) is 1.55. The quantitative estimate of drug-likeness (QED) is 0.871. The van der Waals surface area contributed by atoms with E-state index in [1.807, 2.05) is 0 Å². The number of aromatic nitrogens is 2. The number of halogens is 1. The fraction of sp³-hybridized carbons (Fsp3) is 0.500. The Labute approximate surface area is 97.4 Å². The average molecular weight is 243 g/mol. The van der Waals surface area contributed by atoms with E-state index in [1.165, 1.54) is 6.20 Å². The number of carbonyl (C=O) groups is 1. The number of carboxylic acids is 1. The topological polar surface area (TPSA) is 72.3 Å². The highest BCUT2D eigenvalue weighted by Crippen LogP contribution is 2.17. The Morgan fingerprint density at radius 3 is 3.12 bits per heavy atom. The molecule has 1 aromatic rings. The van der Waals surface area contributed by atoms with Crippen molar-refractivity contribution in [2.75, 3.05) is 6.61 Å². The van der Waals surface area contributed by atoms with Gasteiger partial charge in [0.25, 0.3) is 0 Å². The zero-order valence-electron chi connectivity index (χ0n) is 8.52. The van der Waals surface area contributed by atoms with Crippen molar-refractivity contribution in [2.24, 2.45) is 0 Å². The van der Waals surface area contributed by atoms with E-state index in [4.69, 9.17) is 21.4 Å². The summed E-state index contributed by atoms with van der Waals surface area (Å²) in [5, 5.41) is 8.90. The molecule has 1 N–H and O–H groups in total. The minimum absolute atomic E-state index is 0.0589. The van der Waals surface area contributed by atoms with Crippen LogP contribution in [0.5, 0.6) is 0 Å². The Bertz CT molecular complexity index is 405. The Balaban J connectivity index is 2.15. The summed E-state index contributed by atoms with van der Waals surface area (Å²) in [6, 6.07) is 0. The Morgan fingerprint density at radius 1 is 1.69 bits per heavy atom. The van der Waals surface area contributed by atoms with Gasteiger partial charge in [-0.3, -0.25) is 0 Å². The van der Waals surface area contributed by atoms with Gasteiger partial charge in [0.05, 0.1) is 17.3 Å². The molecule has 1 aliphatic heterocycles. The molecule has 0 saturated carbocycles. The lowest BCUT2D eigenvalue weighted by Gasteiger charge is -2.08. The van der Waals surface area contributed by atoms with Crippen molar-refractivity contribution in [3.8, 4) is 0 Å². The monoisotopic (exact) mass is 242 g/mol. The molecule has 0 radical (unpaired) electrons. The molecule has 5 nitrogen and oxygen atoms in total. The summed E-state index contributed by atoms with van der Waals surface area (Å²) in [5.74, 6) is -0.672. The third kappa shape index (κ3) is 2.48. The molecule has 0 spiro atoms. The fourth-order valence-electron chi connectivity index (χ4n) is 1.66. The first-order chi connectivity index (χ1) is 7.66. The molecule has 1 saturated heterocycles. The van der Waals surface area contributed by atoms with Crippen molar-refractivity contribution in [3.63, 3.8) is 0 Å². The third-order valence-corrected chi connectivity index (χ3v) is 2.71. The molecule has 1 aromatic heterocycles. The Hall–Kier alpha value is -1.20. The van der Waals surface area contributed by atoms with E-state index < -0.39 is 5.97 Å². The molecular weight excluding hydrogens is 232 g/mol. The molecule has 2 heterocycles. The molecule has 6 heteroatoms. The lowest BCUT2D eigenvalue weighted by atomic mass is 10.2.